The number of benzene rings is 1. The second kappa shape index (κ2) is 10.6. The molecule has 1 aliphatic heterocycles. The molecule has 1 aromatic heterocycles. The fourth-order valence-corrected chi connectivity index (χ4v) is 4.72. The molecule has 156 valence electrons. The van der Waals surface area contributed by atoms with Crippen LogP contribution in [0.5, 0.6) is 0 Å². The number of carbonyl (C=O) groups excluding carboxylic acids is 1. The number of ether oxygens (including phenoxy) is 1. The Hall–Kier alpha value is -1.36. The number of carboxylic acid groups (broad SMARTS) is 1. The summed E-state index contributed by atoms with van der Waals surface area (Å²) < 4.78 is 6.30. The van der Waals surface area contributed by atoms with Crippen LogP contribution in [0.15, 0.2) is 27.9 Å². The zero-order chi connectivity index (χ0) is 20.8. The molecule has 0 aliphatic carbocycles. The summed E-state index contributed by atoms with van der Waals surface area (Å²) in [7, 11) is 0. The molecule has 2 aromatic rings. The van der Waals surface area contributed by atoms with Crippen LogP contribution in [-0.2, 0) is 16.1 Å². The summed E-state index contributed by atoms with van der Waals surface area (Å²) in [6.07, 6.45) is -0.0982. The quantitative estimate of drug-likeness (QED) is 0.565. The van der Waals surface area contributed by atoms with Gasteiger partial charge in [-0.05, 0) is 17.7 Å². The van der Waals surface area contributed by atoms with Gasteiger partial charge in [0, 0.05) is 31.6 Å². The Morgan fingerprint density at radius 1 is 1.38 bits per heavy atom. The van der Waals surface area contributed by atoms with Gasteiger partial charge in [-0.2, -0.15) is 0 Å². The number of thiazole rings is 1. The summed E-state index contributed by atoms with van der Waals surface area (Å²) in [5, 5.41) is 14.3. The molecule has 2 heterocycles. The van der Waals surface area contributed by atoms with Gasteiger partial charge in [0.05, 0.1) is 28.5 Å². The molecule has 1 amide bonds. The lowest BCUT2D eigenvalue weighted by atomic mass is 10.2. The first-order chi connectivity index (χ1) is 13.9. The lowest BCUT2D eigenvalue weighted by Crippen LogP contribution is -2.47. The Kier molecular flexibility index (Phi) is 8.16. The summed E-state index contributed by atoms with van der Waals surface area (Å²) >= 11 is 14.5. The number of morpholine rings is 1. The molecule has 3 rings (SSSR count). The van der Waals surface area contributed by atoms with E-state index < -0.39 is 5.97 Å². The molecule has 1 unspecified atom stereocenters. The highest BCUT2D eigenvalue weighted by atomic mass is 35.5. The van der Waals surface area contributed by atoms with Crippen LogP contribution in [0.4, 0.5) is 0 Å². The van der Waals surface area contributed by atoms with Crippen molar-refractivity contribution in [3.05, 3.63) is 44.9 Å². The maximum absolute atomic E-state index is 12.1. The standard InChI is InChI=1S/C18H19Cl2N3O4S2/c19-13-2-1-11(5-14(13)20)7-23-3-4-27-12(8-23)6-21-16(24)10-29-18-22-15(9-28-18)17(25)26/h1-2,5,9,12H,3-4,6-8,10H2,(H,21,24)(H,25,26). The molecule has 1 aliphatic rings. The third kappa shape index (κ3) is 6.84. The predicted octanol–water partition coefficient (Wildman–Crippen LogP) is 3.26. The van der Waals surface area contributed by atoms with Crippen molar-refractivity contribution in [2.45, 2.75) is 17.0 Å². The Morgan fingerprint density at radius 2 is 2.21 bits per heavy atom. The minimum Gasteiger partial charge on any atom is -0.476 e. The first kappa shape index (κ1) is 22.3. The Morgan fingerprint density at radius 3 is 2.93 bits per heavy atom. The van der Waals surface area contributed by atoms with E-state index in [-0.39, 0.29) is 23.5 Å². The van der Waals surface area contributed by atoms with Gasteiger partial charge in [-0.15, -0.1) is 11.3 Å². The number of amides is 1. The number of hydrogen-bond donors (Lipinski definition) is 2. The normalized spacial score (nSPS) is 17.2. The third-order valence-corrected chi connectivity index (χ3v) is 6.93. The van der Waals surface area contributed by atoms with Crippen molar-refractivity contribution in [1.82, 2.24) is 15.2 Å². The van der Waals surface area contributed by atoms with E-state index >= 15 is 0 Å². The Labute approximate surface area is 186 Å². The molecule has 29 heavy (non-hydrogen) atoms. The molecule has 7 nitrogen and oxygen atoms in total. The van der Waals surface area contributed by atoms with E-state index in [4.69, 9.17) is 33.0 Å². The van der Waals surface area contributed by atoms with Crippen molar-refractivity contribution in [3.63, 3.8) is 0 Å². The van der Waals surface area contributed by atoms with Crippen LogP contribution in [0.1, 0.15) is 16.1 Å². The number of carboxylic acids is 1. The number of halogens is 2. The lowest BCUT2D eigenvalue weighted by molar-refractivity contribution is -0.119. The van der Waals surface area contributed by atoms with Crippen LogP contribution in [0, 0.1) is 0 Å². The SMILES string of the molecule is O=C(CSc1nc(C(=O)O)cs1)NCC1CN(Cc2ccc(Cl)c(Cl)c2)CCO1. The highest BCUT2D eigenvalue weighted by Gasteiger charge is 2.21. The highest BCUT2D eigenvalue weighted by molar-refractivity contribution is 8.01. The molecule has 1 atom stereocenters. The third-order valence-electron chi connectivity index (χ3n) is 4.17. The number of aromatic nitrogens is 1. The smallest absolute Gasteiger partial charge is 0.355 e. The van der Waals surface area contributed by atoms with Gasteiger partial charge in [0.15, 0.2) is 10.0 Å². The van der Waals surface area contributed by atoms with Crippen molar-refractivity contribution in [2.75, 3.05) is 32.0 Å². The lowest BCUT2D eigenvalue weighted by Gasteiger charge is -2.33. The van der Waals surface area contributed by atoms with E-state index in [0.717, 1.165) is 18.7 Å². The second-order valence-corrected chi connectivity index (χ2v) is 9.27. The van der Waals surface area contributed by atoms with Gasteiger partial charge >= 0.3 is 5.97 Å². The maximum Gasteiger partial charge on any atom is 0.355 e. The van der Waals surface area contributed by atoms with Gasteiger partial charge < -0.3 is 15.2 Å². The Balaban J connectivity index is 1.40. The first-order valence-corrected chi connectivity index (χ1v) is 11.4. The van der Waals surface area contributed by atoms with Gasteiger partial charge in [0.2, 0.25) is 5.91 Å². The molecule has 2 N–H and O–H groups in total. The predicted molar refractivity (Wildman–Crippen MR) is 114 cm³/mol. The first-order valence-electron chi connectivity index (χ1n) is 8.77. The zero-order valence-corrected chi connectivity index (χ0v) is 18.4. The van der Waals surface area contributed by atoms with Crippen molar-refractivity contribution >= 4 is 58.2 Å². The van der Waals surface area contributed by atoms with E-state index in [1.54, 1.807) is 6.07 Å². The fraction of sp³-hybridized carbons (Fsp3) is 0.389. The van der Waals surface area contributed by atoms with Gasteiger partial charge in [-0.25, -0.2) is 9.78 Å². The van der Waals surface area contributed by atoms with Crippen molar-refractivity contribution in [2.24, 2.45) is 0 Å². The largest absolute Gasteiger partial charge is 0.476 e. The van der Waals surface area contributed by atoms with Crippen molar-refractivity contribution in [3.8, 4) is 0 Å². The minimum atomic E-state index is -1.07. The van der Waals surface area contributed by atoms with Crippen LogP contribution < -0.4 is 5.32 Å². The molecule has 0 spiro atoms. The van der Waals surface area contributed by atoms with Crippen molar-refractivity contribution < 1.29 is 19.4 Å². The van der Waals surface area contributed by atoms with E-state index in [0.29, 0.717) is 34.1 Å². The molecule has 11 heteroatoms. The Bertz CT molecular complexity index is 881. The molecule has 0 bridgehead atoms. The number of carbonyl (C=O) groups is 2. The number of aromatic carboxylic acids is 1. The average molecular weight is 476 g/mol. The number of hydrogen-bond acceptors (Lipinski definition) is 7. The minimum absolute atomic E-state index is 0.00409. The van der Waals surface area contributed by atoms with Gasteiger partial charge in [-0.1, -0.05) is 41.0 Å². The number of nitrogens with zero attached hydrogens (tertiary/aromatic N) is 2. The summed E-state index contributed by atoms with van der Waals surface area (Å²) in [4.78, 5) is 29.1. The molecular weight excluding hydrogens is 457 g/mol. The summed E-state index contributed by atoms with van der Waals surface area (Å²) in [6.45, 7) is 3.23. The average Bonchev–Trinajstić information content (AvgIpc) is 3.17. The van der Waals surface area contributed by atoms with Gasteiger partial charge in [-0.3, -0.25) is 9.69 Å². The number of rotatable bonds is 8. The van der Waals surface area contributed by atoms with Gasteiger partial charge in [0.25, 0.3) is 0 Å². The molecular formula is C18H19Cl2N3O4S2. The van der Waals surface area contributed by atoms with Crippen LogP contribution in [0.3, 0.4) is 0 Å². The van der Waals surface area contributed by atoms with E-state index in [1.807, 2.05) is 12.1 Å². The van der Waals surface area contributed by atoms with Gasteiger partial charge in [0.1, 0.15) is 0 Å². The highest BCUT2D eigenvalue weighted by Crippen LogP contribution is 2.24. The van der Waals surface area contributed by atoms with E-state index in [9.17, 15) is 9.59 Å². The molecule has 1 aromatic carbocycles. The topological polar surface area (TPSA) is 91.8 Å². The monoisotopic (exact) mass is 475 g/mol. The fourth-order valence-electron chi connectivity index (χ4n) is 2.77. The molecule has 1 fully saturated rings. The van der Waals surface area contributed by atoms with Crippen LogP contribution in [0.2, 0.25) is 10.0 Å². The van der Waals surface area contributed by atoms with Crippen molar-refractivity contribution in [1.29, 1.82) is 0 Å². The molecule has 0 saturated carbocycles. The molecule has 1 saturated heterocycles. The second-order valence-electron chi connectivity index (χ2n) is 6.37. The summed E-state index contributed by atoms with van der Waals surface area (Å²) in [5.74, 6) is -1.04. The zero-order valence-electron chi connectivity index (χ0n) is 15.3. The van der Waals surface area contributed by atoms with E-state index in [2.05, 4.69) is 15.2 Å². The van der Waals surface area contributed by atoms with Crippen LogP contribution in [-0.4, -0.2) is 65.0 Å². The summed E-state index contributed by atoms with van der Waals surface area (Å²) in [6, 6.07) is 5.60. The van der Waals surface area contributed by atoms with Crippen LogP contribution >= 0.6 is 46.3 Å². The molecule has 0 radical (unpaired) electrons. The van der Waals surface area contributed by atoms with E-state index in [1.165, 1.54) is 28.5 Å². The number of thioether (sulfide) groups is 1. The maximum atomic E-state index is 12.1. The summed E-state index contributed by atoms with van der Waals surface area (Å²) in [5.41, 5.74) is 1.07. The van der Waals surface area contributed by atoms with Crippen LogP contribution in [0.25, 0.3) is 0 Å². The number of nitrogens with one attached hydrogen (secondary N) is 1.